The Kier molecular flexibility index (Phi) is 8.66. The number of anilines is 2. The van der Waals surface area contributed by atoms with Crippen molar-refractivity contribution in [1.29, 1.82) is 0 Å². The molecule has 0 radical (unpaired) electrons. The van der Waals surface area contributed by atoms with Gasteiger partial charge in [-0.1, -0.05) is 42.5 Å². The molecule has 4 heterocycles. The molecule has 6 aromatic rings. The Morgan fingerprint density at radius 2 is 1.72 bits per heavy atom. The number of nitrogens with zero attached hydrogens (tertiary/aromatic N) is 5. The number of aryl methyl sites for hydroxylation is 1. The van der Waals surface area contributed by atoms with Crippen LogP contribution in [0.25, 0.3) is 33.4 Å². The van der Waals surface area contributed by atoms with Gasteiger partial charge in [0.05, 0.1) is 25.1 Å². The van der Waals surface area contributed by atoms with Gasteiger partial charge in [-0.15, -0.1) is 0 Å². The summed E-state index contributed by atoms with van der Waals surface area (Å²) in [6.07, 6.45) is 6.80. The van der Waals surface area contributed by atoms with E-state index < -0.39 is 0 Å². The third-order valence-corrected chi connectivity index (χ3v) is 7.85. The number of amides is 2. The molecule has 232 valence electrons. The second-order valence-electron chi connectivity index (χ2n) is 11.1. The largest absolute Gasteiger partial charge is 0.455 e. The lowest BCUT2D eigenvalue weighted by molar-refractivity contribution is 0.0368. The van der Waals surface area contributed by atoms with Crippen LogP contribution in [0.1, 0.15) is 6.42 Å². The van der Waals surface area contributed by atoms with Gasteiger partial charge < -0.3 is 20.1 Å². The molecular formula is C35H34N8O3. The number of para-hydroxylation sites is 3. The molecule has 1 saturated heterocycles. The van der Waals surface area contributed by atoms with E-state index in [1.807, 2.05) is 89.9 Å². The van der Waals surface area contributed by atoms with Crippen LogP contribution in [0, 0.1) is 0 Å². The number of H-pyrrole nitrogens is 1. The second-order valence-corrected chi connectivity index (χ2v) is 11.1. The summed E-state index contributed by atoms with van der Waals surface area (Å²) in [5.74, 6) is 1.23. The highest BCUT2D eigenvalue weighted by Gasteiger charge is 2.15. The molecule has 0 atom stereocenters. The maximum atomic E-state index is 13.0. The molecule has 0 bridgehead atoms. The zero-order chi connectivity index (χ0) is 31.1. The van der Waals surface area contributed by atoms with Crippen LogP contribution in [0.3, 0.4) is 0 Å². The summed E-state index contributed by atoms with van der Waals surface area (Å²) in [5.41, 5.74) is 5.40. The lowest BCUT2D eigenvalue weighted by atomic mass is 10.1. The van der Waals surface area contributed by atoms with Crippen LogP contribution in [0.4, 0.5) is 16.2 Å². The average Bonchev–Trinajstić information content (AvgIpc) is 3.74. The van der Waals surface area contributed by atoms with E-state index >= 15 is 0 Å². The first-order valence-electron chi connectivity index (χ1n) is 15.4. The number of carbonyl (C=O) groups is 1. The van der Waals surface area contributed by atoms with Crippen LogP contribution in [-0.4, -0.2) is 68.7 Å². The fourth-order valence-electron chi connectivity index (χ4n) is 5.50. The molecule has 7 rings (SSSR count). The van der Waals surface area contributed by atoms with E-state index in [1.165, 1.54) is 0 Å². The first-order chi connectivity index (χ1) is 22.7. The van der Waals surface area contributed by atoms with Gasteiger partial charge in [-0.05, 0) is 48.9 Å². The Morgan fingerprint density at radius 3 is 2.61 bits per heavy atom. The van der Waals surface area contributed by atoms with Crippen molar-refractivity contribution in [1.82, 2.24) is 29.9 Å². The topological polar surface area (TPSA) is 122 Å². The lowest BCUT2D eigenvalue weighted by Crippen LogP contribution is -2.37. The molecule has 1 aliphatic rings. The highest BCUT2D eigenvalue weighted by atomic mass is 16.5. The third-order valence-electron chi connectivity index (χ3n) is 7.85. The molecular weight excluding hydrogens is 580 g/mol. The number of hydrogen-bond acceptors (Lipinski definition) is 7. The fourth-order valence-corrected chi connectivity index (χ4v) is 5.50. The molecule has 46 heavy (non-hydrogen) atoms. The van der Waals surface area contributed by atoms with Crippen molar-refractivity contribution in [3.05, 3.63) is 104 Å². The summed E-state index contributed by atoms with van der Waals surface area (Å²) in [5, 5.41) is 18.9. The maximum Gasteiger partial charge on any atom is 0.323 e. The van der Waals surface area contributed by atoms with Crippen molar-refractivity contribution in [2.45, 2.75) is 13.0 Å². The van der Waals surface area contributed by atoms with E-state index in [9.17, 15) is 4.79 Å². The van der Waals surface area contributed by atoms with E-state index in [4.69, 9.17) is 9.47 Å². The number of carbonyl (C=O) groups excluding carboxylic acids is 1. The highest BCUT2D eigenvalue weighted by molar-refractivity contribution is 6.01. The minimum Gasteiger partial charge on any atom is -0.455 e. The average molecular weight is 615 g/mol. The smallest absolute Gasteiger partial charge is 0.323 e. The van der Waals surface area contributed by atoms with Gasteiger partial charge in [0, 0.05) is 66.3 Å². The van der Waals surface area contributed by atoms with Crippen LogP contribution < -0.4 is 15.4 Å². The molecule has 3 aromatic carbocycles. The normalized spacial score (nSPS) is 13.5. The summed E-state index contributed by atoms with van der Waals surface area (Å²) in [4.78, 5) is 20.1. The second kappa shape index (κ2) is 13.6. The van der Waals surface area contributed by atoms with Gasteiger partial charge in [0.2, 0.25) is 0 Å². The highest BCUT2D eigenvalue weighted by Crippen LogP contribution is 2.32. The van der Waals surface area contributed by atoms with Crippen LogP contribution in [0.5, 0.6) is 11.5 Å². The summed E-state index contributed by atoms with van der Waals surface area (Å²) < 4.78 is 13.4. The van der Waals surface area contributed by atoms with Gasteiger partial charge in [0.1, 0.15) is 11.4 Å². The number of aromatic amines is 1. The summed E-state index contributed by atoms with van der Waals surface area (Å²) in [6.45, 7) is 5.50. The Hall–Kier alpha value is -5.52. The van der Waals surface area contributed by atoms with E-state index in [-0.39, 0.29) is 6.03 Å². The summed E-state index contributed by atoms with van der Waals surface area (Å²) >= 11 is 0. The monoisotopic (exact) mass is 614 g/mol. The molecule has 3 N–H and O–H groups in total. The van der Waals surface area contributed by atoms with Gasteiger partial charge in [0.15, 0.2) is 11.4 Å². The van der Waals surface area contributed by atoms with Crippen LogP contribution >= 0.6 is 0 Å². The van der Waals surface area contributed by atoms with Gasteiger partial charge >= 0.3 is 6.03 Å². The number of rotatable bonds is 10. The SMILES string of the molecule is O=C(Nc1cccc(-c2n[nH]c3ncc(-c4cnn(CCCN5CCOCC5)c4)cc23)c1)Nc1ccccc1Oc1ccccc1. The molecule has 11 nitrogen and oxygen atoms in total. The van der Waals surface area contributed by atoms with Crippen molar-refractivity contribution in [3.63, 3.8) is 0 Å². The maximum absolute atomic E-state index is 13.0. The molecule has 1 fully saturated rings. The van der Waals surface area contributed by atoms with Crippen molar-refractivity contribution in [3.8, 4) is 33.9 Å². The van der Waals surface area contributed by atoms with Gasteiger partial charge in [-0.2, -0.15) is 10.2 Å². The quantitative estimate of drug-likeness (QED) is 0.158. The fraction of sp³-hybridized carbons (Fsp3) is 0.200. The minimum absolute atomic E-state index is 0.390. The predicted octanol–water partition coefficient (Wildman–Crippen LogP) is 6.65. The number of morpholine rings is 1. The summed E-state index contributed by atoms with van der Waals surface area (Å²) in [7, 11) is 0. The first kappa shape index (κ1) is 29.2. The molecule has 11 heteroatoms. The number of hydrogen-bond donors (Lipinski definition) is 3. The van der Waals surface area contributed by atoms with Crippen LogP contribution in [0.2, 0.25) is 0 Å². The number of pyridine rings is 1. The molecule has 3 aromatic heterocycles. The number of fused-ring (bicyclic) bond motifs is 1. The van der Waals surface area contributed by atoms with Crippen LogP contribution in [-0.2, 0) is 11.3 Å². The third kappa shape index (κ3) is 6.90. The zero-order valence-electron chi connectivity index (χ0n) is 25.2. The lowest BCUT2D eigenvalue weighted by Gasteiger charge is -2.26. The Balaban J connectivity index is 1.03. The first-order valence-corrected chi connectivity index (χ1v) is 15.4. The van der Waals surface area contributed by atoms with Gasteiger partial charge in [-0.25, -0.2) is 9.78 Å². The predicted molar refractivity (Wildman–Crippen MR) is 178 cm³/mol. The standard InChI is InChI=1S/C35H34N8O3/c44-35(39-31-12-4-5-13-32(31)46-29-10-2-1-3-11-29)38-28-9-6-8-25(20-28)33-30-21-26(22-36-34(30)41-40-33)27-23-37-43(24-27)15-7-14-42-16-18-45-19-17-42/h1-6,8-13,20-24H,7,14-19H2,(H,36,40,41)(H2,38,39,44). The molecule has 0 saturated carbocycles. The Labute approximate surface area is 266 Å². The van der Waals surface area contributed by atoms with Crippen LogP contribution in [0.15, 0.2) is 104 Å². The van der Waals surface area contributed by atoms with E-state index in [2.05, 4.69) is 48.1 Å². The zero-order valence-corrected chi connectivity index (χ0v) is 25.2. The van der Waals surface area contributed by atoms with Gasteiger partial charge in [0.25, 0.3) is 0 Å². The van der Waals surface area contributed by atoms with E-state index in [0.29, 0.717) is 28.5 Å². The molecule has 0 unspecified atom stereocenters. The van der Waals surface area contributed by atoms with Crippen molar-refractivity contribution in [2.75, 3.05) is 43.5 Å². The number of benzene rings is 3. The minimum atomic E-state index is -0.390. The molecule has 1 aliphatic heterocycles. The van der Waals surface area contributed by atoms with Gasteiger partial charge in [-0.3, -0.25) is 14.7 Å². The molecule has 0 spiro atoms. The Morgan fingerprint density at radius 1 is 0.870 bits per heavy atom. The number of nitrogens with one attached hydrogen (secondary N) is 3. The summed E-state index contributed by atoms with van der Waals surface area (Å²) in [6, 6.07) is 26.0. The van der Waals surface area contributed by atoms with E-state index in [1.54, 1.807) is 6.07 Å². The van der Waals surface area contributed by atoms with Crippen molar-refractivity contribution < 1.29 is 14.3 Å². The Bertz CT molecular complexity index is 1930. The molecule has 2 amide bonds. The number of ether oxygens (including phenoxy) is 2. The molecule has 0 aliphatic carbocycles. The number of urea groups is 1. The number of aromatic nitrogens is 5. The van der Waals surface area contributed by atoms with Crippen molar-refractivity contribution >= 4 is 28.4 Å². The van der Waals surface area contributed by atoms with E-state index in [0.717, 1.165) is 73.6 Å². The van der Waals surface area contributed by atoms with Crippen molar-refractivity contribution in [2.24, 2.45) is 0 Å².